The summed E-state index contributed by atoms with van der Waals surface area (Å²) in [4.78, 5) is 18.2. The van der Waals surface area contributed by atoms with Crippen molar-refractivity contribution in [2.45, 2.75) is 82.5 Å². The van der Waals surface area contributed by atoms with Crippen molar-refractivity contribution in [2.75, 3.05) is 13.2 Å². The molecular formula is C18H33N5O3. The summed E-state index contributed by atoms with van der Waals surface area (Å²) in [6.07, 6.45) is 7.73. The van der Waals surface area contributed by atoms with E-state index in [0.29, 0.717) is 24.6 Å². The van der Waals surface area contributed by atoms with Crippen molar-refractivity contribution in [1.29, 1.82) is 0 Å². The minimum atomic E-state index is -0.0748. The first kappa shape index (κ1) is 18.6. The maximum absolute atomic E-state index is 12.8. The van der Waals surface area contributed by atoms with Gasteiger partial charge in [-0.15, -0.1) is 0 Å². The Labute approximate surface area is 155 Å². The topological polar surface area (TPSA) is 95.7 Å². The molecule has 5 N–H and O–H groups in total. The largest absolute Gasteiger partial charge is 0.374 e. The molecule has 2 heterocycles. The van der Waals surface area contributed by atoms with Crippen LogP contribution in [-0.4, -0.2) is 49.6 Å². The second-order valence-corrected chi connectivity index (χ2v) is 8.28. The molecule has 2 aliphatic heterocycles. The lowest BCUT2D eigenvalue weighted by molar-refractivity contribution is -0.128. The van der Waals surface area contributed by atoms with Crippen LogP contribution in [-0.2, 0) is 14.4 Å². The fraction of sp³-hybridized carbons (Fsp3) is 0.944. The van der Waals surface area contributed by atoms with Crippen LogP contribution in [0.25, 0.3) is 0 Å². The van der Waals surface area contributed by atoms with E-state index < -0.39 is 0 Å². The molecule has 4 aliphatic rings. The maximum atomic E-state index is 12.8. The normalized spacial score (nSPS) is 43.2. The van der Waals surface area contributed by atoms with Crippen LogP contribution in [0, 0.1) is 11.8 Å². The van der Waals surface area contributed by atoms with E-state index in [4.69, 9.17) is 9.57 Å². The van der Waals surface area contributed by atoms with Crippen molar-refractivity contribution < 1.29 is 14.4 Å². The highest BCUT2D eigenvalue weighted by atomic mass is 16.7. The first-order valence-electron chi connectivity index (χ1n) is 10.3. The number of hydroxylamine groups is 1. The van der Waals surface area contributed by atoms with E-state index in [-0.39, 0.29) is 30.3 Å². The Bertz CT molecular complexity index is 485. The van der Waals surface area contributed by atoms with Crippen LogP contribution >= 0.6 is 0 Å². The second-order valence-electron chi connectivity index (χ2n) is 8.28. The lowest BCUT2D eigenvalue weighted by Gasteiger charge is -2.34. The van der Waals surface area contributed by atoms with E-state index in [2.05, 4.69) is 27.0 Å². The predicted molar refractivity (Wildman–Crippen MR) is 96.5 cm³/mol. The van der Waals surface area contributed by atoms with Crippen LogP contribution in [0.4, 0.5) is 0 Å². The molecule has 0 spiro atoms. The van der Waals surface area contributed by atoms with Gasteiger partial charge in [-0.05, 0) is 51.4 Å². The molecule has 2 aliphatic carbocycles. The highest BCUT2D eigenvalue weighted by Crippen LogP contribution is 2.32. The molecule has 0 bridgehead atoms. The highest BCUT2D eigenvalue weighted by molar-refractivity contribution is 5.80. The molecule has 0 aromatic carbocycles. The monoisotopic (exact) mass is 367 g/mol. The van der Waals surface area contributed by atoms with Gasteiger partial charge in [-0.3, -0.25) is 25.8 Å². The fourth-order valence-electron chi connectivity index (χ4n) is 4.86. The van der Waals surface area contributed by atoms with E-state index >= 15 is 0 Å². The molecule has 0 radical (unpaired) electrons. The Kier molecular flexibility index (Phi) is 6.07. The van der Waals surface area contributed by atoms with Crippen molar-refractivity contribution in [3.8, 4) is 0 Å². The third kappa shape index (κ3) is 4.37. The summed E-state index contributed by atoms with van der Waals surface area (Å²) in [7, 11) is 0. The Morgan fingerprint density at radius 2 is 2.04 bits per heavy atom. The lowest BCUT2D eigenvalue weighted by atomic mass is 9.77. The number of nitrogens with one attached hydrogen (secondary N) is 5. The molecule has 4 fully saturated rings. The van der Waals surface area contributed by atoms with Gasteiger partial charge in [-0.1, -0.05) is 6.42 Å². The second kappa shape index (κ2) is 8.50. The van der Waals surface area contributed by atoms with Crippen LogP contribution in [0.5, 0.6) is 0 Å². The molecule has 8 heteroatoms. The molecule has 2 saturated heterocycles. The molecule has 5 atom stereocenters. The standard InChI is InChI=1S/C18H33N5O3/c1-11-20-16(26-23-11)10-25-14-7-5-13(6-8-14)21-18(24)15-4-2-3-12-9-19-22-17(12)15/h11-17,19-20,22-23H,2-10H2,1H3,(H,21,24). The predicted octanol–water partition coefficient (Wildman–Crippen LogP) is 0.120. The van der Waals surface area contributed by atoms with Gasteiger partial charge in [0.25, 0.3) is 0 Å². The molecule has 8 nitrogen and oxygen atoms in total. The van der Waals surface area contributed by atoms with Crippen molar-refractivity contribution in [3.05, 3.63) is 0 Å². The van der Waals surface area contributed by atoms with Gasteiger partial charge in [0.1, 0.15) is 0 Å². The zero-order valence-electron chi connectivity index (χ0n) is 15.6. The van der Waals surface area contributed by atoms with Gasteiger partial charge < -0.3 is 10.1 Å². The summed E-state index contributed by atoms with van der Waals surface area (Å²) in [5.41, 5.74) is 9.44. The average Bonchev–Trinajstić information content (AvgIpc) is 3.29. The van der Waals surface area contributed by atoms with Crippen LogP contribution < -0.4 is 27.0 Å². The van der Waals surface area contributed by atoms with Crippen molar-refractivity contribution in [1.82, 2.24) is 27.0 Å². The summed E-state index contributed by atoms with van der Waals surface area (Å²) in [5.74, 6) is 0.953. The minimum Gasteiger partial charge on any atom is -0.374 e. The van der Waals surface area contributed by atoms with Gasteiger partial charge in [0.2, 0.25) is 5.91 Å². The van der Waals surface area contributed by atoms with Crippen LogP contribution in [0.1, 0.15) is 51.9 Å². The van der Waals surface area contributed by atoms with E-state index in [1.54, 1.807) is 0 Å². The summed E-state index contributed by atoms with van der Waals surface area (Å²) in [6.45, 7) is 3.56. The Morgan fingerprint density at radius 1 is 1.19 bits per heavy atom. The molecule has 148 valence electrons. The Morgan fingerprint density at radius 3 is 2.81 bits per heavy atom. The minimum absolute atomic E-state index is 0.0748. The molecule has 26 heavy (non-hydrogen) atoms. The molecule has 0 aromatic heterocycles. The summed E-state index contributed by atoms with van der Waals surface area (Å²) < 4.78 is 5.98. The molecule has 5 unspecified atom stereocenters. The SMILES string of the molecule is CC1NOC(COC2CCC(NC(=O)C3CCCC4CNNC43)CC2)N1. The van der Waals surface area contributed by atoms with E-state index in [9.17, 15) is 4.79 Å². The Hall–Kier alpha value is -0.770. The smallest absolute Gasteiger partial charge is 0.224 e. The summed E-state index contributed by atoms with van der Waals surface area (Å²) in [5, 5.41) is 6.57. The van der Waals surface area contributed by atoms with Gasteiger partial charge in [-0.2, -0.15) is 5.48 Å². The number of fused-ring (bicyclic) bond motifs is 1. The first-order valence-corrected chi connectivity index (χ1v) is 10.3. The van der Waals surface area contributed by atoms with Crippen LogP contribution in [0.3, 0.4) is 0 Å². The average molecular weight is 367 g/mol. The molecule has 4 rings (SSSR count). The van der Waals surface area contributed by atoms with Gasteiger partial charge in [-0.25, -0.2) is 0 Å². The van der Waals surface area contributed by atoms with Gasteiger partial charge in [0.15, 0.2) is 6.23 Å². The number of hydrogen-bond acceptors (Lipinski definition) is 7. The summed E-state index contributed by atoms with van der Waals surface area (Å²) in [6, 6.07) is 0.595. The van der Waals surface area contributed by atoms with Crippen LogP contribution in [0.2, 0.25) is 0 Å². The van der Waals surface area contributed by atoms with Crippen molar-refractivity contribution >= 4 is 5.91 Å². The maximum Gasteiger partial charge on any atom is 0.224 e. The van der Waals surface area contributed by atoms with Gasteiger partial charge in [0.05, 0.1) is 24.8 Å². The van der Waals surface area contributed by atoms with Gasteiger partial charge in [0, 0.05) is 18.6 Å². The van der Waals surface area contributed by atoms with Crippen LogP contribution in [0.15, 0.2) is 0 Å². The number of hydrazine groups is 1. The lowest BCUT2D eigenvalue weighted by Crippen LogP contribution is -2.50. The molecule has 1 amide bonds. The first-order chi connectivity index (χ1) is 12.7. The van der Waals surface area contributed by atoms with Crippen molar-refractivity contribution in [3.63, 3.8) is 0 Å². The fourth-order valence-corrected chi connectivity index (χ4v) is 4.86. The molecular weight excluding hydrogens is 334 g/mol. The van der Waals surface area contributed by atoms with Gasteiger partial charge >= 0.3 is 0 Å². The number of carbonyl (C=O) groups is 1. The van der Waals surface area contributed by atoms with Crippen molar-refractivity contribution in [2.24, 2.45) is 11.8 Å². The number of carbonyl (C=O) groups excluding carboxylic acids is 1. The van der Waals surface area contributed by atoms with E-state index in [1.165, 1.54) is 6.42 Å². The molecule has 2 saturated carbocycles. The zero-order chi connectivity index (χ0) is 17.9. The van der Waals surface area contributed by atoms with E-state index in [1.807, 2.05) is 6.92 Å². The third-order valence-corrected chi connectivity index (χ3v) is 6.33. The number of ether oxygens (including phenoxy) is 1. The summed E-state index contributed by atoms with van der Waals surface area (Å²) >= 11 is 0. The third-order valence-electron chi connectivity index (χ3n) is 6.33. The molecule has 0 aromatic rings. The number of hydrogen-bond donors (Lipinski definition) is 5. The van der Waals surface area contributed by atoms with E-state index in [0.717, 1.165) is 45.1 Å². The quantitative estimate of drug-likeness (QED) is 0.471. The highest BCUT2D eigenvalue weighted by Gasteiger charge is 2.40. The zero-order valence-corrected chi connectivity index (χ0v) is 15.6. The Balaban J connectivity index is 1.17. The number of amides is 1. The number of rotatable bonds is 5.